The summed E-state index contributed by atoms with van der Waals surface area (Å²) in [5.74, 6) is -1.28. The number of benzene rings is 3. The van der Waals surface area contributed by atoms with E-state index in [0.29, 0.717) is 22.7 Å². The predicted molar refractivity (Wildman–Crippen MR) is 124 cm³/mol. The third-order valence-corrected chi connectivity index (χ3v) is 5.72. The number of aromatic hydroxyl groups is 1. The third-order valence-electron chi connectivity index (χ3n) is 5.43. The van der Waals surface area contributed by atoms with Gasteiger partial charge in [-0.05, 0) is 48.0 Å². The van der Waals surface area contributed by atoms with Gasteiger partial charge in [-0.25, -0.2) is 0 Å². The number of ketones is 1. The maximum absolute atomic E-state index is 13.2. The molecule has 0 aliphatic carbocycles. The number of hydrogen-bond donors (Lipinski definition) is 2. The lowest BCUT2D eigenvalue weighted by molar-refractivity contribution is -0.132. The molecule has 168 valence electrons. The van der Waals surface area contributed by atoms with E-state index < -0.39 is 17.7 Å². The van der Waals surface area contributed by atoms with Crippen LogP contribution >= 0.6 is 11.6 Å². The average Bonchev–Trinajstić information content (AvgIpc) is 3.09. The smallest absolute Gasteiger partial charge is 0.300 e. The lowest BCUT2D eigenvalue weighted by Gasteiger charge is -2.26. The number of carbonyl (C=O) groups excluding carboxylic acids is 2. The molecule has 4 rings (SSSR count). The van der Waals surface area contributed by atoms with Gasteiger partial charge >= 0.3 is 0 Å². The highest BCUT2D eigenvalue weighted by molar-refractivity contribution is 6.52. The summed E-state index contributed by atoms with van der Waals surface area (Å²) in [6.07, 6.45) is 0. The van der Waals surface area contributed by atoms with Crippen molar-refractivity contribution < 1.29 is 29.3 Å². The van der Waals surface area contributed by atoms with Crippen LogP contribution in [0.15, 0.2) is 72.3 Å². The molecular formula is C25H20ClNO6. The highest BCUT2D eigenvalue weighted by Crippen LogP contribution is 2.44. The fourth-order valence-electron chi connectivity index (χ4n) is 3.86. The van der Waals surface area contributed by atoms with E-state index in [1.54, 1.807) is 48.5 Å². The number of Topliss-reactive ketones (excluding diaryl/α,β-unsaturated/α-hetero) is 1. The van der Waals surface area contributed by atoms with Crippen LogP contribution in [0, 0.1) is 0 Å². The summed E-state index contributed by atoms with van der Waals surface area (Å²) in [5.41, 5.74) is 1.02. The van der Waals surface area contributed by atoms with E-state index in [-0.39, 0.29) is 27.7 Å². The van der Waals surface area contributed by atoms with Crippen LogP contribution in [0.2, 0.25) is 5.02 Å². The topological polar surface area (TPSA) is 96.3 Å². The summed E-state index contributed by atoms with van der Waals surface area (Å²) < 4.78 is 10.5. The molecule has 0 bridgehead atoms. The number of aliphatic hydroxyl groups is 1. The maximum Gasteiger partial charge on any atom is 0.300 e. The normalized spacial score (nSPS) is 17.3. The minimum Gasteiger partial charge on any atom is -0.508 e. The van der Waals surface area contributed by atoms with Gasteiger partial charge in [0.25, 0.3) is 11.7 Å². The van der Waals surface area contributed by atoms with Gasteiger partial charge in [-0.2, -0.15) is 0 Å². The summed E-state index contributed by atoms with van der Waals surface area (Å²) in [6.45, 7) is 0. The van der Waals surface area contributed by atoms with Crippen LogP contribution in [0.4, 0.5) is 5.69 Å². The molecule has 3 aromatic rings. The first-order valence-electron chi connectivity index (χ1n) is 9.94. The molecule has 0 spiro atoms. The predicted octanol–water partition coefficient (Wildman–Crippen LogP) is 4.69. The summed E-state index contributed by atoms with van der Waals surface area (Å²) in [7, 11) is 2.91. The van der Waals surface area contributed by atoms with Crippen LogP contribution in [0.25, 0.3) is 5.76 Å². The lowest BCUT2D eigenvalue weighted by Crippen LogP contribution is -2.29. The van der Waals surface area contributed by atoms with Crippen LogP contribution in [0.3, 0.4) is 0 Å². The van der Waals surface area contributed by atoms with E-state index in [9.17, 15) is 19.8 Å². The van der Waals surface area contributed by atoms with Crippen LogP contribution in [-0.4, -0.2) is 36.1 Å². The van der Waals surface area contributed by atoms with E-state index in [2.05, 4.69) is 0 Å². The molecule has 0 saturated carbocycles. The Morgan fingerprint density at radius 1 is 0.939 bits per heavy atom. The zero-order chi connectivity index (χ0) is 23.7. The van der Waals surface area contributed by atoms with E-state index in [1.165, 1.54) is 37.3 Å². The van der Waals surface area contributed by atoms with Crippen molar-refractivity contribution in [2.45, 2.75) is 6.04 Å². The number of rotatable bonds is 5. The van der Waals surface area contributed by atoms with Crippen molar-refractivity contribution in [1.82, 2.24) is 0 Å². The van der Waals surface area contributed by atoms with Gasteiger partial charge in [-0.3, -0.25) is 14.5 Å². The van der Waals surface area contributed by atoms with Gasteiger partial charge in [-0.1, -0.05) is 35.9 Å². The standard InChI is InChI=1S/C25H20ClNO6/c1-32-19-6-4-3-5-17(19)23(29)21-22(14-7-10-16(28)11-8-14)27(25(31)24(21)30)15-9-12-20(33-2)18(26)13-15/h3-13,22,28-29H,1-2H3/b23-21+. The second kappa shape index (κ2) is 8.88. The van der Waals surface area contributed by atoms with E-state index >= 15 is 0 Å². The van der Waals surface area contributed by atoms with Crippen molar-refractivity contribution in [1.29, 1.82) is 0 Å². The van der Waals surface area contributed by atoms with Crippen molar-refractivity contribution >= 4 is 34.7 Å². The number of carbonyl (C=O) groups is 2. The molecular weight excluding hydrogens is 446 g/mol. The molecule has 1 atom stereocenters. The van der Waals surface area contributed by atoms with Crippen LogP contribution in [0.5, 0.6) is 17.2 Å². The van der Waals surface area contributed by atoms with E-state index in [0.717, 1.165) is 0 Å². The number of amides is 1. The first kappa shape index (κ1) is 22.2. The largest absolute Gasteiger partial charge is 0.508 e. The Labute approximate surface area is 195 Å². The molecule has 1 unspecified atom stereocenters. The van der Waals surface area contributed by atoms with Gasteiger partial charge in [0.2, 0.25) is 0 Å². The average molecular weight is 466 g/mol. The number of phenols is 1. The zero-order valence-electron chi connectivity index (χ0n) is 17.8. The molecule has 3 aromatic carbocycles. The van der Waals surface area contributed by atoms with Crippen molar-refractivity contribution in [2.75, 3.05) is 19.1 Å². The molecule has 0 aromatic heterocycles. The lowest BCUT2D eigenvalue weighted by atomic mass is 9.94. The quantitative estimate of drug-likeness (QED) is 0.322. The first-order valence-corrected chi connectivity index (χ1v) is 10.3. The third kappa shape index (κ3) is 3.87. The van der Waals surface area contributed by atoms with Gasteiger partial charge in [0.1, 0.15) is 23.0 Å². The molecule has 1 fully saturated rings. The van der Waals surface area contributed by atoms with Crippen LogP contribution < -0.4 is 14.4 Å². The molecule has 1 heterocycles. The van der Waals surface area contributed by atoms with Gasteiger partial charge in [0, 0.05) is 5.69 Å². The summed E-state index contributed by atoms with van der Waals surface area (Å²) in [6, 6.07) is 16.4. The molecule has 8 heteroatoms. The Balaban J connectivity index is 1.96. The van der Waals surface area contributed by atoms with Crippen LogP contribution in [-0.2, 0) is 9.59 Å². The number of methoxy groups -OCH3 is 2. The molecule has 33 heavy (non-hydrogen) atoms. The molecule has 0 radical (unpaired) electrons. The number of para-hydroxylation sites is 1. The second-order valence-electron chi connectivity index (χ2n) is 7.28. The van der Waals surface area contributed by atoms with Gasteiger partial charge in [0.05, 0.1) is 36.4 Å². The maximum atomic E-state index is 13.2. The second-order valence-corrected chi connectivity index (χ2v) is 7.69. The highest BCUT2D eigenvalue weighted by atomic mass is 35.5. The SMILES string of the molecule is COc1ccc(N2C(=O)C(=O)/C(=C(/O)c3ccccc3OC)C2c2ccc(O)cc2)cc1Cl. The molecule has 2 N–H and O–H groups in total. The number of anilines is 1. The van der Waals surface area contributed by atoms with Gasteiger partial charge in [-0.15, -0.1) is 0 Å². The molecule has 1 saturated heterocycles. The van der Waals surface area contributed by atoms with Crippen molar-refractivity contribution in [3.05, 3.63) is 88.5 Å². The number of halogens is 1. The fraction of sp³-hybridized carbons (Fsp3) is 0.120. The molecule has 7 nitrogen and oxygen atoms in total. The van der Waals surface area contributed by atoms with Crippen LogP contribution in [0.1, 0.15) is 17.2 Å². The van der Waals surface area contributed by atoms with E-state index in [1.807, 2.05) is 0 Å². The molecule has 1 aliphatic heterocycles. The number of aliphatic hydroxyl groups excluding tert-OH is 1. The fourth-order valence-corrected chi connectivity index (χ4v) is 4.11. The number of ether oxygens (including phenoxy) is 2. The zero-order valence-corrected chi connectivity index (χ0v) is 18.5. The Bertz CT molecular complexity index is 1270. The van der Waals surface area contributed by atoms with Crippen molar-refractivity contribution in [2.24, 2.45) is 0 Å². The van der Waals surface area contributed by atoms with Crippen molar-refractivity contribution in [3.8, 4) is 17.2 Å². The number of hydrogen-bond acceptors (Lipinski definition) is 6. The Morgan fingerprint density at radius 2 is 1.61 bits per heavy atom. The molecule has 1 aliphatic rings. The van der Waals surface area contributed by atoms with Gasteiger partial charge < -0.3 is 19.7 Å². The van der Waals surface area contributed by atoms with Crippen molar-refractivity contribution in [3.63, 3.8) is 0 Å². The van der Waals surface area contributed by atoms with E-state index in [4.69, 9.17) is 21.1 Å². The molecule has 1 amide bonds. The number of phenolic OH excluding ortho intramolecular Hbond substituents is 1. The summed E-state index contributed by atoms with van der Waals surface area (Å²) in [4.78, 5) is 27.7. The highest BCUT2D eigenvalue weighted by Gasteiger charge is 2.47. The first-order chi connectivity index (χ1) is 15.9. The Kier molecular flexibility index (Phi) is 5.98. The number of nitrogens with zero attached hydrogens (tertiary/aromatic N) is 1. The summed E-state index contributed by atoms with van der Waals surface area (Å²) >= 11 is 6.28. The Hall–Kier alpha value is -3.97. The minimum absolute atomic E-state index is 0.0212. The minimum atomic E-state index is -0.972. The summed E-state index contributed by atoms with van der Waals surface area (Å²) in [5, 5.41) is 21.2. The Morgan fingerprint density at radius 3 is 2.24 bits per heavy atom. The monoisotopic (exact) mass is 465 g/mol. The van der Waals surface area contributed by atoms with Gasteiger partial charge in [0.15, 0.2) is 0 Å².